The second-order valence-corrected chi connectivity index (χ2v) is 6.07. The predicted octanol–water partition coefficient (Wildman–Crippen LogP) is 4.07. The zero-order chi connectivity index (χ0) is 19.9. The summed E-state index contributed by atoms with van der Waals surface area (Å²) < 4.78 is 18.7. The summed E-state index contributed by atoms with van der Waals surface area (Å²) in [6, 6.07) is 16.2. The molecule has 0 spiro atoms. The zero-order valence-electron chi connectivity index (χ0n) is 15.1. The molecule has 0 fully saturated rings. The van der Waals surface area contributed by atoms with Crippen molar-refractivity contribution in [3.05, 3.63) is 102 Å². The summed E-state index contributed by atoms with van der Waals surface area (Å²) in [7, 11) is 0. The Hall–Kier alpha value is -3.67. The van der Waals surface area contributed by atoms with Crippen molar-refractivity contribution in [3.8, 4) is 0 Å². The lowest BCUT2D eigenvalue weighted by Gasteiger charge is -2.22. The van der Waals surface area contributed by atoms with Crippen LogP contribution in [0.3, 0.4) is 0 Å². The minimum atomic E-state index is -0.375. The summed E-state index contributed by atoms with van der Waals surface area (Å²) >= 11 is 0. The first kappa shape index (κ1) is 19.1. The third-order valence-electron chi connectivity index (χ3n) is 4.13. The highest BCUT2D eigenvalue weighted by Crippen LogP contribution is 2.21. The Kier molecular flexibility index (Phi) is 6.01. The molecule has 2 aromatic carbocycles. The molecule has 0 saturated heterocycles. The number of nitrogens with one attached hydrogen (secondary N) is 1. The Balaban J connectivity index is 1.81. The van der Waals surface area contributed by atoms with Gasteiger partial charge in [0.1, 0.15) is 11.6 Å². The molecule has 1 heterocycles. The monoisotopic (exact) mass is 378 g/mol. The van der Waals surface area contributed by atoms with Crippen molar-refractivity contribution in [2.45, 2.75) is 13.1 Å². The normalized spacial score (nSPS) is 10.3. The van der Waals surface area contributed by atoms with Crippen LogP contribution >= 0.6 is 0 Å². The summed E-state index contributed by atoms with van der Waals surface area (Å²) in [6.07, 6.45) is 2.74. The van der Waals surface area contributed by atoms with Crippen LogP contribution in [0.5, 0.6) is 0 Å². The molecule has 0 radical (unpaired) electrons. The molecule has 1 aromatic heterocycles. The van der Waals surface area contributed by atoms with Gasteiger partial charge in [0.2, 0.25) is 5.91 Å². The van der Waals surface area contributed by atoms with Crippen LogP contribution < -0.4 is 10.2 Å². The van der Waals surface area contributed by atoms with Gasteiger partial charge in [-0.2, -0.15) is 0 Å². The molecule has 0 saturated carbocycles. The lowest BCUT2D eigenvalue weighted by atomic mass is 10.1. The molecule has 0 unspecified atom stereocenters. The van der Waals surface area contributed by atoms with Crippen LogP contribution in [0.25, 0.3) is 0 Å². The lowest BCUT2D eigenvalue weighted by molar-refractivity contribution is -0.116. The van der Waals surface area contributed by atoms with Gasteiger partial charge >= 0.3 is 0 Å². The minimum Gasteiger partial charge on any atom is -0.467 e. The van der Waals surface area contributed by atoms with E-state index in [9.17, 15) is 14.0 Å². The van der Waals surface area contributed by atoms with Crippen molar-refractivity contribution in [1.82, 2.24) is 5.32 Å². The molecule has 0 aliphatic heterocycles. The summed E-state index contributed by atoms with van der Waals surface area (Å²) in [5, 5.41) is 2.68. The topological polar surface area (TPSA) is 62.6 Å². The number of hydrogen-bond donors (Lipinski definition) is 1. The predicted molar refractivity (Wildman–Crippen MR) is 104 cm³/mol. The molecule has 142 valence electrons. The first-order chi connectivity index (χ1) is 13.6. The second kappa shape index (κ2) is 8.81. The van der Waals surface area contributed by atoms with Gasteiger partial charge in [0.15, 0.2) is 0 Å². The van der Waals surface area contributed by atoms with E-state index in [1.54, 1.807) is 48.5 Å². The molecule has 2 amide bonds. The van der Waals surface area contributed by atoms with Crippen LogP contribution in [-0.2, 0) is 17.9 Å². The summed E-state index contributed by atoms with van der Waals surface area (Å²) in [4.78, 5) is 25.9. The van der Waals surface area contributed by atoms with Crippen LogP contribution in [0.15, 0.2) is 84.0 Å². The molecular formula is C22H19FN2O3. The van der Waals surface area contributed by atoms with Gasteiger partial charge in [-0.15, -0.1) is 0 Å². The van der Waals surface area contributed by atoms with E-state index in [0.717, 1.165) is 5.56 Å². The quantitative estimate of drug-likeness (QED) is 0.631. The van der Waals surface area contributed by atoms with Crippen molar-refractivity contribution in [1.29, 1.82) is 0 Å². The third-order valence-corrected chi connectivity index (χ3v) is 4.13. The van der Waals surface area contributed by atoms with Crippen LogP contribution in [0.4, 0.5) is 10.1 Å². The number of nitrogens with zero attached hydrogens (tertiary/aromatic N) is 1. The molecule has 28 heavy (non-hydrogen) atoms. The van der Waals surface area contributed by atoms with Gasteiger partial charge in [0, 0.05) is 17.8 Å². The van der Waals surface area contributed by atoms with Gasteiger partial charge in [-0.1, -0.05) is 18.7 Å². The maximum absolute atomic E-state index is 13.3. The maximum Gasteiger partial charge on any atom is 0.258 e. The molecule has 0 aliphatic carbocycles. The first-order valence-electron chi connectivity index (χ1n) is 8.66. The molecule has 0 atom stereocenters. The van der Waals surface area contributed by atoms with E-state index in [2.05, 4.69) is 11.9 Å². The number of halogens is 1. The van der Waals surface area contributed by atoms with Gasteiger partial charge in [-0.05, 0) is 60.2 Å². The van der Waals surface area contributed by atoms with Crippen LogP contribution in [0.2, 0.25) is 0 Å². The highest BCUT2D eigenvalue weighted by molar-refractivity contribution is 6.06. The van der Waals surface area contributed by atoms with Gasteiger partial charge in [0.05, 0.1) is 12.8 Å². The van der Waals surface area contributed by atoms with E-state index in [0.29, 0.717) is 23.6 Å². The summed E-state index contributed by atoms with van der Waals surface area (Å²) in [6.45, 7) is 3.96. The molecule has 5 nitrogen and oxygen atoms in total. The van der Waals surface area contributed by atoms with Crippen molar-refractivity contribution in [2.24, 2.45) is 0 Å². The van der Waals surface area contributed by atoms with E-state index < -0.39 is 0 Å². The van der Waals surface area contributed by atoms with Crippen molar-refractivity contribution >= 4 is 17.5 Å². The van der Waals surface area contributed by atoms with Crippen LogP contribution in [-0.4, -0.2) is 11.8 Å². The molecule has 1 N–H and O–H groups in total. The Labute approximate surface area is 162 Å². The SMILES string of the molecule is C=CC(=O)NCc1ccc(C(=O)N(Cc2ccco2)c2ccc(F)cc2)cc1. The zero-order valence-corrected chi connectivity index (χ0v) is 15.1. The van der Waals surface area contributed by atoms with Crippen molar-refractivity contribution in [2.75, 3.05) is 4.90 Å². The fourth-order valence-corrected chi connectivity index (χ4v) is 2.64. The first-order valence-corrected chi connectivity index (χ1v) is 8.66. The van der Waals surface area contributed by atoms with Gasteiger partial charge in [-0.25, -0.2) is 4.39 Å². The Bertz CT molecular complexity index is 948. The highest BCUT2D eigenvalue weighted by atomic mass is 19.1. The second-order valence-electron chi connectivity index (χ2n) is 6.07. The minimum absolute atomic E-state index is 0.217. The average molecular weight is 378 g/mol. The molecule has 0 bridgehead atoms. The largest absolute Gasteiger partial charge is 0.467 e. The van der Waals surface area contributed by atoms with E-state index in [-0.39, 0.29) is 24.2 Å². The number of rotatable bonds is 7. The van der Waals surface area contributed by atoms with Crippen LogP contribution in [0, 0.1) is 5.82 Å². The Morgan fingerprint density at radius 1 is 1.07 bits per heavy atom. The highest BCUT2D eigenvalue weighted by Gasteiger charge is 2.19. The number of furan rings is 1. The number of amides is 2. The molecule has 0 aliphatic rings. The fraction of sp³-hybridized carbons (Fsp3) is 0.0909. The average Bonchev–Trinajstić information content (AvgIpc) is 3.24. The maximum atomic E-state index is 13.3. The molecular weight excluding hydrogens is 359 g/mol. The van der Waals surface area contributed by atoms with Crippen molar-refractivity contribution in [3.63, 3.8) is 0 Å². The fourth-order valence-electron chi connectivity index (χ4n) is 2.64. The molecule has 3 aromatic rings. The number of benzene rings is 2. The number of carbonyl (C=O) groups is 2. The number of hydrogen-bond acceptors (Lipinski definition) is 3. The van der Waals surface area contributed by atoms with Crippen molar-refractivity contribution < 1.29 is 18.4 Å². The number of anilines is 1. The Morgan fingerprint density at radius 3 is 2.39 bits per heavy atom. The van der Waals surface area contributed by atoms with E-state index >= 15 is 0 Å². The smallest absolute Gasteiger partial charge is 0.258 e. The lowest BCUT2D eigenvalue weighted by Crippen LogP contribution is -2.30. The third kappa shape index (κ3) is 4.73. The van der Waals surface area contributed by atoms with Crippen LogP contribution in [0.1, 0.15) is 21.7 Å². The summed E-state index contributed by atoms with van der Waals surface area (Å²) in [5.74, 6) is -0.271. The summed E-state index contributed by atoms with van der Waals surface area (Å²) in [5.41, 5.74) is 1.88. The number of carbonyl (C=O) groups excluding carboxylic acids is 2. The molecule has 6 heteroatoms. The molecule has 3 rings (SSSR count). The van der Waals surface area contributed by atoms with Gasteiger partial charge in [-0.3, -0.25) is 9.59 Å². The van der Waals surface area contributed by atoms with Gasteiger partial charge in [0.25, 0.3) is 5.91 Å². The van der Waals surface area contributed by atoms with E-state index in [4.69, 9.17) is 4.42 Å². The van der Waals surface area contributed by atoms with Gasteiger partial charge < -0.3 is 14.6 Å². The Morgan fingerprint density at radius 2 is 1.79 bits per heavy atom. The van der Waals surface area contributed by atoms with E-state index in [1.807, 2.05) is 0 Å². The van der Waals surface area contributed by atoms with E-state index in [1.165, 1.54) is 29.4 Å². The standard InChI is InChI=1S/C22H19FN2O3/c1-2-21(26)24-14-16-5-7-17(8-6-16)22(27)25(15-20-4-3-13-28-20)19-11-9-18(23)10-12-19/h2-13H,1,14-15H2,(H,24,26).